The normalized spacial score (nSPS) is 14.5. The van der Waals surface area contributed by atoms with Crippen LogP contribution in [-0.2, 0) is 16.4 Å². The number of piperazine rings is 1. The number of sulfonamides is 1. The Bertz CT molecular complexity index is 2000. The molecule has 7 rings (SSSR count). The molecule has 3 aromatic heterocycles. The SMILES string of the molecule is Cc1nn(-c2ccccc2)c2nc(Cc3ccccc3)nc(N3CCN(S(=O)(=O)c4cccc5cccnc45)CC3)c12. The van der Waals surface area contributed by atoms with Crippen molar-refractivity contribution in [3.63, 3.8) is 0 Å². The van der Waals surface area contributed by atoms with Gasteiger partial charge < -0.3 is 4.90 Å². The van der Waals surface area contributed by atoms with E-state index in [1.807, 2.05) is 78.3 Å². The van der Waals surface area contributed by atoms with Gasteiger partial charge >= 0.3 is 0 Å². The summed E-state index contributed by atoms with van der Waals surface area (Å²) < 4.78 is 30.9. The minimum atomic E-state index is -3.73. The van der Waals surface area contributed by atoms with Crippen molar-refractivity contribution in [1.82, 2.24) is 29.0 Å². The first kappa shape index (κ1) is 26.2. The molecule has 0 amide bonds. The highest BCUT2D eigenvalue weighted by Crippen LogP contribution is 2.31. The van der Waals surface area contributed by atoms with Crippen LogP contribution < -0.4 is 4.90 Å². The van der Waals surface area contributed by atoms with Gasteiger partial charge in [-0.2, -0.15) is 9.40 Å². The molecule has 0 radical (unpaired) electrons. The number of hydrogen-bond acceptors (Lipinski definition) is 7. The second kappa shape index (κ2) is 10.6. The number of hydrogen-bond donors (Lipinski definition) is 0. The number of rotatable bonds is 6. The minimum Gasteiger partial charge on any atom is -0.353 e. The molecule has 210 valence electrons. The Hall–Kier alpha value is -4.67. The molecular weight excluding hydrogens is 546 g/mol. The van der Waals surface area contributed by atoms with Crippen molar-refractivity contribution in [3.8, 4) is 5.69 Å². The lowest BCUT2D eigenvalue weighted by Gasteiger charge is -2.35. The second-order valence-electron chi connectivity index (χ2n) is 10.4. The molecule has 0 aliphatic carbocycles. The quantitative estimate of drug-likeness (QED) is 0.282. The van der Waals surface area contributed by atoms with Gasteiger partial charge in [-0.3, -0.25) is 4.98 Å². The van der Waals surface area contributed by atoms with Crippen molar-refractivity contribution < 1.29 is 8.42 Å². The lowest BCUT2D eigenvalue weighted by Crippen LogP contribution is -2.49. The number of pyridine rings is 1. The molecule has 0 bridgehead atoms. The van der Waals surface area contributed by atoms with Gasteiger partial charge in [0.15, 0.2) is 5.65 Å². The van der Waals surface area contributed by atoms with Crippen LogP contribution >= 0.6 is 0 Å². The molecule has 4 heterocycles. The van der Waals surface area contributed by atoms with Crippen LogP contribution in [0.25, 0.3) is 27.6 Å². The van der Waals surface area contributed by atoms with E-state index >= 15 is 0 Å². The van der Waals surface area contributed by atoms with Crippen LogP contribution in [-0.4, -0.2) is 63.6 Å². The molecule has 0 N–H and O–H groups in total. The molecule has 9 nitrogen and oxygen atoms in total. The first-order chi connectivity index (χ1) is 20.5. The molecular formula is C32H29N7O2S. The van der Waals surface area contributed by atoms with Crippen LogP contribution in [0, 0.1) is 6.92 Å². The fourth-order valence-corrected chi connectivity index (χ4v) is 7.19. The Morgan fingerprint density at radius 3 is 2.26 bits per heavy atom. The zero-order chi connectivity index (χ0) is 28.7. The Labute approximate surface area is 244 Å². The molecule has 42 heavy (non-hydrogen) atoms. The van der Waals surface area contributed by atoms with Crippen molar-refractivity contribution in [2.75, 3.05) is 31.1 Å². The largest absolute Gasteiger partial charge is 0.353 e. The summed E-state index contributed by atoms with van der Waals surface area (Å²) in [6.45, 7) is 3.61. The van der Waals surface area contributed by atoms with Crippen LogP contribution in [0.15, 0.2) is 102 Å². The lowest BCUT2D eigenvalue weighted by molar-refractivity contribution is 0.384. The molecule has 0 atom stereocenters. The third kappa shape index (κ3) is 4.68. The standard InChI is InChI=1S/C32H29N7O2S/c1-23-29-31(37-18-20-38(21-19-37)42(40,41)27-16-8-12-25-13-9-17-33-30(25)27)34-28(22-24-10-4-2-5-11-24)35-32(29)39(36-23)26-14-6-3-7-15-26/h2-17H,18-22H2,1H3. The van der Waals surface area contributed by atoms with Gasteiger partial charge in [0.25, 0.3) is 0 Å². The minimum absolute atomic E-state index is 0.239. The molecule has 3 aromatic carbocycles. The smallest absolute Gasteiger partial charge is 0.245 e. The Kier molecular flexibility index (Phi) is 6.64. The summed E-state index contributed by atoms with van der Waals surface area (Å²) >= 11 is 0. The number of anilines is 1. The summed E-state index contributed by atoms with van der Waals surface area (Å²) in [6, 6.07) is 29.1. The number of para-hydroxylation sites is 2. The zero-order valence-electron chi connectivity index (χ0n) is 23.1. The number of aryl methyl sites for hydroxylation is 1. The number of fused-ring (bicyclic) bond motifs is 2. The van der Waals surface area contributed by atoms with E-state index in [1.54, 1.807) is 22.6 Å². The number of nitrogens with zero attached hydrogens (tertiary/aromatic N) is 7. The van der Waals surface area contributed by atoms with E-state index in [2.05, 4.69) is 22.0 Å². The first-order valence-electron chi connectivity index (χ1n) is 13.9. The summed E-state index contributed by atoms with van der Waals surface area (Å²) in [6.07, 6.45) is 2.20. The molecule has 1 aliphatic heterocycles. The van der Waals surface area contributed by atoms with Crippen molar-refractivity contribution in [2.45, 2.75) is 18.2 Å². The molecule has 0 spiro atoms. The third-order valence-electron chi connectivity index (χ3n) is 7.69. The predicted octanol–water partition coefficient (Wildman–Crippen LogP) is 4.77. The van der Waals surface area contributed by atoms with Crippen LogP contribution in [0.3, 0.4) is 0 Å². The van der Waals surface area contributed by atoms with Gasteiger partial charge in [-0.15, -0.1) is 0 Å². The van der Waals surface area contributed by atoms with Crippen LogP contribution in [0.1, 0.15) is 17.1 Å². The number of aromatic nitrogens is 5. The van der Waals surface area contributed by atoms with E-state index in [0.717, 1.165) is 39.2 Å². The van der Waals surface area contributed by atoms with Gasteiger partial charge in [0.2, 0.25) is 10.0 Å². The van der Waals surface area contributed by atoms with E-state index in [-0.39, 0.29) is 4.90 Å². The van der Waals surface area contributed by atoms with Crippen molar-refractivity contribution in [2.24, 2.45) is 0 Å². The van der Waals surface area contributed by atoms with E-state index in [0.29, 0.717) is 43.9 Å². The van der Waals surface area contributed by atoms with Gasteiger partial charge in [0, 0.05) is 44.2 Å². The highest BCUT2D eigenvalue weighted by Gasteiger charge is 2.32. The first-order valence-corrected chi connectivity index (χ1v) is 15.4. The highest BCUT2D eigenvalue weighted by molar-refractivity contribution is 7.89. The molecule has 0 saturated carbocycles. The van der Waals surface area contributed by atoms with Gasteiger partial charge in [0.05, 0.1) is 22.3 Å². The molecule has 1 saturated heterocycles. The van der Waals surface area contributed by atoms with E-state index in [9.17, 15) is 8.42 Å². The van der Waals surface area contributed by atoms with Crippen LogP contribution in [0.5, 0.6) is 0 Å². The van der Waals surface area contributed by atoms with Crippen LogP contribution in [0.2, 0.25) is 0 Å². The Morgan fingerprint density at radius 2 is 1.50 bits per heavy atom. The van der Waals surface area contributed by atoms with E-state index in [4.69, 9.17) is 15.1 Å². The second-order valence-corrected chi connectivity index (χ2v) is 12.3. The summed E-state index contributed by atoms with van der Waals surface area (Å²) in [5.74, 6) is 1.48. The average molecular weight is 576 g/mol. The van der Waals surface area contributed by atoms with Gasteiger partial charge in [-0.25, -0.2) is 23.1 Å². The average Bonchev–Trinajstić information content (AvgIpc) is 3.37. The molecule has 1 aliphatic rings. The third-order valence-corrected chi connectivity index (χ3v) is 9.62. The van der Waals surface area contributed by atoms with Gasteiger partial charge in [-0.05, 0) is 36.8 Å². The maximum atomic E-state index is 13.8. The topological polar surface area (TPSA) is 97.1 Å². The molecule has 10 heteroatoms. The van der Waals surface area contributed by atoms with E-state index < -0.39 is 10.0 Å². The monoisotopic (exact) mass is 575 g/mol. The van der Waals surface area contributed by atoms with Crippen molar-refractivity contribution in [1.29, 1.82) is 0 Å². The Balaban J connectivity index is 1.25. The predicted molar refractivity (Wildman–Crippen MR) is 163 cm³/mol. The van der Waals surface area contributed by atoms with Gasteiger partial charge in [-0.1, -0.05) is 66.7 Å². The molecule has 6 aromatic rings. The summed E-state index contributed by atoms with van der Waals surface area (Å²) in [7, 11) is -3.73. The van der Waals surface area contributed by atoms with Crippen molar-refractivity contribution in [3.05, 3.63) is 114 Å². The fraction of sp³-hybridized carbons (Fsp3) is 0.188. The summed E-state index contributed by atoms with van der Waals surface area (Å²) in [5.41, 5.74) is 4.10. The van der Waals surface area contributed by atoms with Crippen LogP contribution in [0.4, 0.5) is 5.82 Å². The van der Waals surface area contributed by atoms with E-state index in [1.165, 1.54) is 0 Å². The summed E-state index contributed by atoms with van der Waals surface area (Å²) in [4.78, 5) is 16.8. The molecule has 0 unspecified atom stereocenters. The molecule has 1 fully saturated rings. The maximum absolute atomic E-state index is 13.8. The lowest BCUT2D eigenvalue weighted by atomic mass is 10.1. The fourth-order valence-electron chi connectivity index (χ4n) is 5.60. The van der Waals surface area contributed by atoms with Gasteiger partial charge in [0.1, 0.15) is 16.5 Å². The maximum Gasteiger partial charge on any atom is 0.245 e. The Morgan fingerprint density at radius 1 is 0.786 bits per heavy atom. The van der Waals surface area contributed by atoms with Crippen molar-refractivity contribution >= 4 is 37.8 Å². The zero-order valence-corrected chi connectivity index (χ0v) is 23.9. The highest BCUT2D eigenvalue weighted by atomic mass is 32.2. The number of benzene rings is 3. The summed E-state index contributed by atoms with van der Waals surface area (Å²) in [5, 5.41) is 6.54.